The van der Waals surface area contributed by atoms with E-state index in [9.17, 15) is 0 Å². The van der Waals surface area contributed by atoms with Gasteiger partial charge in [-0.05, 0) is 12.0 Å². The second-order valence-electron chi connectivity index (χ2n) is 4.39. The molecule has 0 spiro atoms. The maximum atomic E-state index is 8.96. The molecule has 1 heterocycles. The summed E-state index contributed by atoms with van der Waals surface area (Å²) in [6.07, 6.45) is 2.28. The van der Waals surface area contributed by atoms with Crippen LogP contribution in [0.3, 0.4) is 0 Å². The van der Waals surface area contributed by atoms with Gasteiger partial charge in [0.2, 0.25) is 0 Å². The van der Waals surface area contributed by atoms with Crippen LogP contribution in [0.5, 0.6) is 0 Å². The van der Waals surface area contributed by atoms with Gasteiger partial charge in [0, 0.05) is 20.0 Å². The van der Waals surface area contributed by atoms with Gasteiger partial charge in [-0.1, -0.05) is 30.3 Å². The van der Waals surface area contributed by atoms with Gasteiger partial charge in [-0.3, -0.25) is 0 Å². The third-order valence-electron chi connectivity index (χ3n) is 3.14. The van der Waals surface area contributed by atoms with Crippen molar-refractivity contribution in [2.24, 2.45) is 0 Å². The molecule has 3 nitrogen and oxygen atoms in total. The molecule has 0 N–H and O–H groups in total. The van der Waals surface area contributed by atoms with Crippen LogP contribution in [0.25, 0.3) is 0 Å². The Hall–Kier alpha value is -1.37. The summed E-state index contributed by atoms with van der Waals surface area (Å²) in [5, 5.41) is 8.96. The highest BCUT2D eigenvalue weighted by Crippen LogP contribution is 2.23. The van der Waals surface area contributed by atoms with Gasteiger partial charge in [0.25, 0.3) is 0 Å². The van der Waals surface area contributed by atoms with Gasteiger partial charge in [0.05, 0.1) is 18.3 Å². The van der Waals surface area contributed by atoms with Gasteiger partial charge in [0.1, 0.15) is 6.10 Å². The number of hydrogen-bond donors (Lipinski definition) is 0. The lowest BCUT2D eigenvalue weighted by Crippen LogP contribution is -2.37. The zero-order chi connectivity index (χ0) is 12.1. The fourth-order valence-electron chi connectivity index (χ4n) is 2.26. The Bertz CT molecular complexity index is 385. The van der Waals surface area contributed by atoms with Crippen LogP contribution in [0.1, 0.15) is 18.4 Å². The van der Waals surface area contributed by atoms with E-state index in [-0.39, 0.29) is 18.3 Å². The molecule has 1 aromatic carbocycles. The predicted octanol–water partition coefficient (Wildman–Crippen LogP) is 2.32. The summed E-state index contributed by atoms with van der Waals surface area (Å²) in [6, 6.07) is 12.4. The molecule has 3 atom stereocenters. The fourth-order valence-corrected chi connectivity index (χ4v) is 2.26. The van der Waals surface area contributed by atoms with E-state index < -0.39 is 0 Å². The smallest absolute Gasteiger partial charge is 0.146 e. The molecule has 0 aromatic heterocycles. The van der Waals surface area contributed by atoms with Gasteiger partial charge in [0.15, 0.2) is 0 Å². The minimum Gasteiger partial charge on any atom is -0.381 e. The first kappa shape index (κ1) is 12.1. The Morgan fingerprint density at radius 3 is 2.76 bits per heavy atom. The first-order valence-corrected chi connectivity index (χ1v) is 5.93. The summed E-state index contributed by atoms with van der Waals surface area (Å²) in [4.78, 5) is 0. The molecule has 0 radical (unpaired) electrons. The number of ether oxygens (including phenoxy) is 2. The highest BCUT2D eigenvalue weighted by molar-refractivity contribution is 5.15. The second-order valence-corrected chi connectivity index (χ2v) is 4.39. The zero-order valence-corrected chi connectivity index (χ0v) is 10.0. The van der Waals surface area contributed by atoms with Crippen molar-refractivity contribution in [1.82, 2.24) is 0 Å². The van der Waals surface area contributed by atoms with Crippen molar-refractivity contribution >= 4 is 0 Å². The summed E-state index contributed by atoms with van der Waals surface area (Å²) in [6.45, 7) is 0. The number of benzene rings is 1. The third-order valence-corrected chi connectivity index (χ3v) is 3.14. The molecule has 17 heavy (non-hydrogen) atoms. The Labute approximate surface area is 102 Å². The van der Waals surface area contributed by atoms with Gasteiger partial charge < -0.3 is 9.47 Å². The molecule has 0 aliphatic carbocycles. The lowest BCUT2D eigenvalue weighted by atomic mass is 9.96. The van der Waals surface area contributed by atoms with E-state index in [2.05, 4.69) is 18.2 Å². The Balaban J connectivity index is 1.98. The van der Waals surface area contributed by atoms with E-state index in [1.165, 1.54) is 5.56 Å². The third kappa shape index (κ3) is 3.29. The van der Waals surface area contributed by atoms with Crippen LogP contribution in [0.15, 0.2) is 30.3 Å². The average Bonchev–Trinajstić information content (AvgIpc) is 2.39. The van der Waals surface area contributed by atoms with Crippen LogP contribution in [-0.4, -0.2) is 25.4 Å². The molecule has 90 valence electrons. The van der Waals surface area contributed by atoms with Crippen molar-refractivity contribution in [3.05, 3.63) is 35.9 Å². The Morgan fingerprint density at radius 2 is 2.12 bits per heavy atom. The number of nitrogens with zero attached hydrogens (tertiary/aromatic N) is 1. The monoisotopic (exact) mass is 231 g/mol. The number of methoxy groups -OCH3 is 1. The average molecular weight is 231 g/mol. The van der Waals surface area contributed by atoms with Crippen LogP contribution in [-0.2, 0) is 15.9 Å². The summed E-state index contributed by atoms with van der Waals surface area (Å²) < 4.78 is 11.1. The van der Waals surface area contributed by atoms with E-state index in [0.29, 0.717) is 6.42 Å². The van der Waals surface area contributed by atoms with E-state index in [1.54, 1.807) is 7.11 Å². The molecule has 1 aromatic rings. The highest BCUT2D eigenvalue weighted by atomic mass is 16.5. The number of nitriles is 1. The van der Waals surface area contributed by atoms with Crippen LogP contribution < -0.4 is 0 Å². The van der Waals surface area contributed by atoms with E-state index in [0.717, 1.165) is 12.8 Å². The molecule has 0 bridgehead atoms. The van der Waals surface area contributed by atoms with Gasteiger partial charge in [-0.25, -0.2) is 0 Å². The van der Waals surface area contributed by atoms with Crippen molar-refractivity contribution in [2.45, 2.75) is 37.6 Å². The summed E-state index contributed by atoms with van der Waals surface area (Å²) in [5.74, 6) is 0. The molecular formula is C14H17NO2. The summed E-state index contributed by atoms with van der Waals surface area (Å²) >= 11 is 0. The summed E-state index contributed by atoms with van der Waals surface area (Å²) in [7, 11) is 1.70. The molecule has 2 rings (SSSR count). The number of hydrogen-bond acceptors (Lipinski definition) is 3. The number of rotatable bonds is 3. The Morgan fingerprint density at radius 1 is 1.35 bits per heavy atom. The standard InChI is InChI=1S/C14H17NO2/c1-16-12-8-13(17-14(9-12)10-15)7-11-5-3-2-4-6-11/h2-6,12-14H,7-9H2,1H3/t12-,13-,14+/m1/s1. The first-order valence-electron chi connectivity index (χ1n) is 5.93. The largest absolute Gasteiger partial charge is 0.381 e. The van der Waals surface area contributed by atoms with Crippen LogP contribution in [0.4, 0.5) is 0 Å². The van der Waals surface area contributed by atoms with Crippen molar-refractivity contribution in [3.63, 3.8) is 0 Å². The zero-order valence-electron chi connectivity index (χ0n) is 10.0. The molecule has 1 saturated heterocycles. The van der Waals surface area contributed by atoms with Crippen molar-refractivity contribution < 1.29 is 9.47 Å². The molecule has 0 amide bonds. The molecule has 3 heteroatoms. The molecule has 0 saturated carbocycles. The highest BCUT2D eigenvalue weighted by Gasteiger charge is 2.29. The quantitative estimate of drug-likeness (QED) is 0.801. The molecule has 1 aliphatic heterocycles. The molecule has 0 unspecified atom stereocenters. The van der Waals surface area contributed by atoms with Crippen LogP contribution >= 0.6 is 0 Å². The van der Waals surface area contributed by atoms with Crippen LogP contribution in [0.2, 0.25) is 0 Å². The van der Waals surface area contributed by atoms with Crippen molar-refractivity contribution in [1.29, 1.82) is 5.26 Å². The van der Waals surface area contributed by atoms with E-state index in [4.69, 9.17) is 14.7 Å². The minimum atomic E-state index is -0.331. The summed E-state index contributed by atoms with van der Waals surface area (Å²) in [5.41, 5.74) is 1.24. The predicted molar refractivity (Wildman–Crippen MR) is 64.5 cm³/mol. The lowest BCUT2D eigenvalue weighted by Gasteiger charge is -2.31. The van der Waals surface area contributed by atoms with Crippen LogP contribution in [0, 0.1) is 11.3 Å². The van der Waals surface area contributed by atoms with E-state index in [1.807, 2.05) is 18.2 Å². The van der Waals surface area contributed by atoms with E-state index >= 15 is 0 Å². The van der Waals surface area contributed by atoms with Crippen molar-refractivity contribution in [3.8, 4) is 6.07 Å². The van der Waals surface area contributed by atoms with Gasteiger partial charge in [-0.2, -0.15) is 5.26 Å². The molecule has 1 aliphatic rings. The Kier molecular flexibility index (Phi) is 4.13. The fraction of sp³-hybridized carbons (Fsp3) is 0.500. The SMILES string of the molecule is CO[C@@H]1C[C@@H](Cc2ccccc2)O[C@H](C#N)C1. The normalized spacial score (nSPS) is 28.6. The van der Waals surface area contributed by atoms with Crippen molar-refractivity contribution in [2.75, 3.05) is 7.11 Å². The molecule has 1 fully saturated rings. The van der Waals surface area contributed by atoms with Gasteiger partial charge in [-0.15, -0.1) is 0 Å². The topological polar surface area (TPSA) is 42.2 Å². The molecular weight excluding hydrogens is 214 g/mol. The minimum absolute atomic E-state index is 0.0840. The lowest BCUT2D eigenvalue weighted by molar-refractivity contribution is -0.0840. The second kappa shape index (κ2) is 5.81. The maximum Gasteiger partial charge on any atom is 0.146 e. The first-order chi connectivity index (χ1) is 8.31. The maximum absolute atomic E-state index is 8.96. The van der Waals surface area contributed by atoms with Gasteiger partial charge >= 0.3 is 0 Å².